The van der Waals surface area contributed by atoms with Gasteiger partial charge in [0.2, 0.25) is 0 Å². The maximum absolute atomic E-state index is 17.1. The number of halogens is 2. The van der Waals surface area contributed by atoms with Crippen LogP contribution in [0.3, 0.4) is 0 Å². The first-order chi connectivity index (χ1) is 21.6. The first-order valence-electron chi connectivity index (χ1n) is 15.2. The molecule has 0 radical (unpaired) electrons. The largest absolute Gasteiger partial charge is 0.468 e. The van der Waals surface area contributed by atoms with E-state index < -0.39 is 11.4 Å². The highest BCUT2D eigenvalue weighted by Crippen LogP contribution is 2.43. The summed E-state index contributed by atoms with van der Waals surface area (Å²) in [5, 5.41) is 12.4. The normalized spacial score (nSPS) is 18.0. The minimum Gasteiger partial charge on any atom is -0.468 e. The minimum absolute atomic E-state index is 0.0273. The number of nitriles is 1. The zero-order valence-electron chi connectivity index (χ0n) is 25.9. The van der Waals surface area contributed by atoms with Crippen molar-refractivity contribution >= 4 is 45.1 Å². The average Bonchev–Trinajstić information content (AvgIpc) is 3.02. The lowest BCUT2D eigenvalue weighted by molar-refractivity contribution is 0.000819. The summed E-state index contributed by atoms with van der Waals surface area (Å²) in [5.74, 6) is 0.697. The molecule has 0 spiro atoms. The van der Waals surface area contributed by atoms with E-state index in [-0.39, 0.29) is 36.5 Å². The van der Waals surface area contributed by atoms with Crippen molar-refractivity contribution in [1.29, 1.82) is 5.26 Å². The molecular weight excluding hydrogens is 595 g/mol. The van der Waals surface area contributed by atoms with Gasteiger partial charge < -0.3 is 24.0 Å². The van der Waals surface area contributed by atoms with Gasteiger partial charge in [0.1, 0.15) is 28.1 Å². The van der Waals surface area contributed by atoms with Gasteiger partial charge in [-0.3, -0.25) is 0 Å². The number of pyridine rings is 1. The third kappa shape index (κ3) is 6.09. The summed E-state index contributed by atoms with van der Waals surface area (Å²) in [7, 11) is 1.55. The van der Waals surface area contributed by atoms with Crippen LogP contribution in [0.4, 0.5) is 15.0 Å². The molecule has 3 aromatic carbocycles. The SMILES string of the molecule is COCOc1cc(-c2c(CCC#N)cc3c(N4C[C@H]5CC[C@@H]4CN5C(=O)OC(C)(C)C)nc(Cl)cc3c2F)c2ccccc2c1. The van der Waals surface area contributed by atoms with E-state index in [0.29, 0.717) is 58.5 Å². The summed E-state index contributed by atoms with van der Waals surface area (Å²) < 4.78 is 33.7. The summed E-state index contributed by atoms with van der Waals surface area (Å²) in [5.41, 5.74) is 1.17. The van der Waals surface area contributed by atoms with Crippen LogP contribution in [0.2, 0.25) is 5.15 Å². The lowest BCUT2D eigenvalue weighted by Crippen LogP contribution is -2.64. The zero-order chi connectivity index (χ0) is 31.9. The van der Waals surface area contributed by atoms with Crippen LogP contribution in [0.1, 0.15) is 45.6 Å². The number of fused-ring (bicyclic) bond motifs is 5. The summed E-state index contributed by atoms with van der Waals surface area (Å²) in [6.45, 7) is 6.65. The number of nitrogens with zero attached hydrogens (tertiary/aromatic N) is 4. The van der Waals surface area contributed by atoms with Gasteiger partial charge in [0.25, 0.3) is 0 Å². The van der Waals surface area contributed by atoms with Crippen LogP contribution in [0.5, 0.6) is 5.75 Å². The van der Waals surface area contributed by atoms with E-state index in [1.165, 1.54) is 0 Å². The Morgan fingerprint density at radius 2 is 1.87 bits per heavy atom. The van der Waals surface area contributed by atoms with Crippen LogP contribution in [0.25, 0.3) is 32.7 Å². The van der Waals surface area contributed by atoms with E-state index in [0.717, 1.165) is 23.6 Å². The standard InChI is InChI=1S/C35H36ClFN4O4/c1-35(2,3)45-34(42)41-19-23-11-12-24(41)18-40(23)33-29-15-22(9-7-13-38)31(32(37)28(29)17-30(36)39-33)27-16-25(44-20-43-4)14-21-8-5-6-10-26(21)27/h5-6,8,10,14-17,23-24H,7,9,11-12,18-20H2,1-4H3/t23-,24-/m1/s1. The summed E-state index contributed by atoms with van der Waals surface area (Å²) in [6.07, 6.45) is 1.95. The number of aryl methyl sites for hydroxylation is 1. The molecule has 0 saturated carbocycles. The molecule has 4 heterocycles. The number of piperazine rings is 1. The molecule has 2 atom stereocenters. The molecular formula is C35H36ClFN4O4. The lowest BCUT2D eigenvalue weighted by atomic mass is 9.88. The second-order valence-electron chi connectivity index (χ2n) is 12.7. The Labute approximate surface area is 267 Å². The van der Waals surface area contributed by atoms with Crippen molar-refractivity contribution in [2.45, 2.75) is 64.1 Å². The third-order valence-electron chi connectivity index (χ3n) is 8.49. The number of aromatic nitrogens is 1. The number of carbonyl (C=O) groups is 1. The van der Waals surface area contributed by atoms with E-state index in [2.05, 4.69) is 11.0 Å². The molecule has 3 fully saturated rings. The summed E-state index contributed by atoms with van der Waals surface area (Å²) in [4.78, 5) is 21.7. The molecule has 3 aliphatic heterocycles. The van der Waals surface area contributed by atoms with Crippen LogP contribution in [0.15, 0.2) is 48.5 Å². The lowest BCUT2D eigenvalue weighted by Gasteiger charge is -2.51. The topological polar surface area (TPSA) is 87.9 Å². The summed E-state index contributed by atoms with van der Waals surface area (Å²) >= 11 is 6.60. The van der Waals surface area contributed by atoms with Gasteiger partial charge in [-0.15, -0.1) is 0 Å². The molecule has 45 heavy (non-hydrogen) atoms. The van der Waals surface area contributed by atoms with Crippen molar-refractivity contribution in [3.05, 3.63) is 65.1 Å². The smallest absolute Gasteiger partial charge is 0.410 e. The van der Waals surface area contributed by atoms with E-state index in [1.54, 1.807) is 13.2 Å². The number of amides is 1. The predicted molar refractivity (Wildman–Crippen MR) is 173 cm³/mol. The molecule has 1 amide bonds. The molecule has 3 saturated heterocycles. The van der Waals surface area contributed by atoms with E-state index in [4.69, 9.17) is 30.8 Å². The number of carbonyl (C=O) groups excluding carboxylic acids is 1. The Morgan fingerprint density at radius 1 is 1.09 bits per heavy atom. The Kier molecular flexibility index (Phi) is 8.47. The van der Waals surface area contributed by atoms with Crippen LogP contribution in [-0.4, -0.2) is 60.7 Å². The molecule has 10 heteroatoms. The van der Waals surface area contributed by atoms with E-state index in [9.17, 15) is 10.1 Å². The van der Waals surface area contributed by atoms with Crippen LogP contribution < -0.4 is 9.64 Å². The van der Waals surface area contributed by atoms with Crippen LogP contribution in [-0.2, 0) is 15.9 Å². The van der Waals surface area contributed by atoms with Crippen molar-refractivity contribution in [2.24, 2.45) is 0 Å². The van der Waals surface area contributed by atoms with Gasteiger partial charge >= 0.3 is 6.09 Å². The number of anilines is 1. The molecule has 0 unspecified atom stereocenters. The Morgan fingerprint density at radius 3 is 2.58 bits per heavy atom. The third-order valence-corrected chi connectivity index (χ3v) is 8.68. The van der Waals surface area contributed by atoms with Crippen molar-refractivity contribution in [3.8, 4) is 22.9 Å². The highest BCUT2D eigenvalue weighted by atomic mass is 35.5. The van der Waals surface area contributed by atoms with Crippen molar-refractivity contribution in [2.75, 3.05) is 31.9 Å². The van der Waals surface area contributed by atoms with Crippen molar-refractivity contribution in [1.82, 2.24) is 9.88 Å². The van der Waals surface area contributed by atoms with Gasteiger partial charge in [-0.05, 0) is 86.2 Å². The second-order valence-corrected chi connectivity index (χ2v) is 13.0. The number of ether oxygens (including phenoxy) is 3. The van der Waals surface area contributed by atoms with Crippen molar-refractivity contribution in [3.63, 3.8) is 0 Å². The van der Waals surface area contributed by atoms with Gasteiger partial charge in [-0.1, -0.05) is 35.9 Å². The average molecular weight is 631 g/mol. The monoisotopic (exact) mass is 630 g/mol. The number of methoxy groups -OCH3 is 1. The number of rotatable bonds is 7. The molecule has 4 aromatic rings. The van der Waals surface area contributed by atoms with Crippen LogP contribution in [0, 0.1) is 17.1 Å². The minimum atomic E-state index is -0.589. The number of hydrogen-bond donors (Lipinski definition) is 0. The van der Waals surface area contributed by atoms with E-state index >= 15 is 4.39 Å². The Balaban J connectivity index is 1.49. The Hall–Kier alpha value is -4.13. The molecule has 7 rings (SSSR count). The number of piperidine rings is 2. The van der Waals surface area contributed by atoms with Gasteiger partial charge in [0.15, 0.2) is 6.79 Å². The van der Waals surface area contributed by atoms with Crippen LogP contribution >= 0.6 is 11.6 Å². The fraction of sp³-hybridized carbons (Fsp3) is 0.400. The molecule has 3 aliphatic rings. The number of benzene rings is 3. The first-order valence-corrected chi connectivity index (χ1v) is 15.6. The zero-order valence-corrected chi connectivity index (χ0v) is 26.7. The fourth-order valence-corrected chi connectivity index (χ4v) is 6.78. The highest BCUT2D eigenvalue weighted by molar-refractivity contribution is 6.30. The maximum Gasteiger partial charge on any atom is 0.410 e. The molecule has 0 aliphatic carbocycles. The second kappa shape index (κ2) is 12.3. The first kappa shape index (κ1) is 30.9. The molecule has 2 bridgehead atoms. The van der Waals surface area contributed by atoms with Gasteiger partial charge in [0, 0.05) is 49.0 Å². The predicted octanol–water partition coefficient (Wildman–Crippen LogP) is 7.87. The molecule has 1 aromatic heterocycles. The molecule has 0 N–H and O–H groups in total. The van der Waals surface area contributed by atoms with Gasteiger partial charge in [-0.25, -0.2) is 14.2 Å². The number of hydrogen-bond acceptors (Lipinski definition) is 7. The van der Waals surface area contributed by atoms with Gasteiger partial charge in [-0.2, -0.15) is 5.26 Å². The molecule has 8 nitrogen and oxygen atoms in total. The fourth-order valence-electron chi connectivity index (χ4n) is 6.59. The quantitative estimate of drug-likeness (QED) is 0.152. The van der Waals surface area contributed by atoms with Crippen molar-refractivity contribution < 1.29 is 23.4 Å². The molecule has 234 valence electrons. The Bertz CT molecular complexity index is 1820. The maximum atomic E-state index is 17.1. The summed E-state index contributed by atoms with van der Waals surface area (Å²) in [6, 6.07) is 17.1. The highest BCUT2D eigenvalue weighted by Gasteiger charge is 2.43. The van der Waals surface area contributed by atoms with E-state index in [1.807, 2.05) is 68.1 Å². The van der Waals surface area contributed by atoms with Gasteiger partial charge in [0.05, 0.1) is 12.1 Å².